The molecule has 0 bridgehead atoms. The summed E-state index contributed by atoms with van der Waals surface area (Å²) < 4.78 is 13.1. The number of carbonyl (C=O) groups excluding carboxylic acids is 2. The van der Waals surface area contributed by atoms with Crippen LogP contribution in [0.2, 0.25) is 0 Å². The summed E-state index contributed by atoms with van der Waals surface area (Å²) in [7, 11) is 0. The quantitative estimate of drug-likeness (QED) is 0.668. The van der Waals surface area contributed by atoms with Crippen LogP contribution in [0.5, 0.6) is 0 Å². The topological polar surface area (TPSA) is 126 Å². The molecule has 0 saturated heterocycles. The van der Waals surface area contributed by atoms with E-state index in [0.29, 0.717) is 5.69 Å². The van der Waals surface area contributed by atoms with Gasteiger partial charge in [-0.05, 0) is 44.2 Å². The smallest absolute Gasteiger partial charge is 0.285 e. The SMILES string of the molecule is Cc1cc(C)nc(NNC(=O)C2=NN(c3ccc(F)cc3)[C@@H](C(N)=O)C2)n1. The molecule has 3 rings (SSSR count). The van der Waals surface area contributed by atoms with Gasteiger partial charge in [-0.25, -0.2) is 14.4 Å². The summed E-state index contributed by atoms with van der Waals surface area (Å²) in [5.74, 6) is -1.38. The Hall–Kier alpha value is -3.56. The maximum atomic E-state index is 13.1. The van der Waals surface area contributed by atoms with E-state index in [2.05, 4.69) is 25.9 Å². The van der Waals surface area contributed by atoms with E-state index in [1.165, 1.54) is 29.3 Å². The Bertz CT molecular complexity index is 894. The van der Waals surface area contributed by atoms with Gasteiger partial charge in [0.2, 0.25) is 11.9 Å². The fraction of sp³-hybridized carbons (Fsp3) is 0.235. The van der Waals surface area contributed by atoms with Crippen LogP contribution in [0.1, 0.15) is 17.8 Å². The van der Waals surface area contributed by atoms with Crippen molar-refractivity contribution in [3.05, 3.63) is 47.5 Å². The summed E-state index contributed by atoms with van der Waals surface area (Å²) in [6.07, 6.45) is 0.0218. The van der Waals surface area contributed by atoms with E-state index in [4.69, 9.17) is 5.73 Å². The molecular formula is C17H18FN7O2. The van der Waals surface area contributed by atoms with Crippen LogP contribution in [-0.4, -0.2) is 33.5 Å². The number of hydrogen-bond acceptors (Lipinski definition) is 7. The maximum absolute atomic E-state index is 13.1. The molecule has 0 fully saturated rings. The molecule has 2 heterocycles. The molecule has 140 valence electrons. The van der Waals surface area contributed by atoms with E-state index in [9.17, 15) is 14.0 Å². The summed E-state index contributed by atoms with van der Waals surface area (Å²) >= 11 is 0. The van der Waals surface area contributed by atoms with Crippen molar-refractivity contribution < 1.29 is 14.0 Å². The molecule has 2 amide bonds. The minimum atomic E-state index is -0.839. The van der Waals surface area contributed by atoms with Crippen LogP contribution in [0.4, 0.5) is 16.0 Å². The second kappa shape index (κ2) is 7.36. The lowest BCUT2D eigenvalue weighted by Crippen LogP contribution is -2.40. The zero-order chi connectivity index (χ0) is 19.6. The largest absolute Gasteiger partial charge is 0.368 e. The van der Waals surface area contributed by atoms with Crippen molar-refractivity contribution in [2.45, 2.75) is 26.3 Å². The van der Waals surface area contributed by atoms with Crippen molar-refractivity contribution in [3.63, 3.8) is 0 Å². The Kier molecular flexibility index (Phi) is 4.97. The second-order valence-corrected chi connectivity index (χ2v) is 6.04. The first kappa shape index (κ1) is 18.2. The van der Waals surface area contributed by atoms with Crippen LogP contribution >= 0.6 is 0 Å². The molecule has 1 aliphatic rings. The number of nitrogens with one attached hydrogen (secondary N) is 2. The van der Waals surface area contributed by atoms with Gasteiger partial charge in [-0.3, -0.25) is 25.4 Å². The monoisotopic (exact) mass is 371 g/mol. The Morgan fingerprint density at radius 3 is 2.41 bits per heavy atom. The van der Waals surface area contributed by atoms with E-state index < -0.39 is 23.7 Å². The lowest BCUT2D eigenvalue weighted by Gasteiger charge is -2.20. The summed E-state index contributed by atoms with van der Waals surface area (Å²) in [5, 5.41) is 5.48. The number of aromatic nitrogens is 2. The molecule has 0 saturated carbocycles. The molecule has 2 aromatic rings. The average molecular weight is 371 g/mol. The number of anilines is 2. The highest BCUT2D eigenvalue weighted by atomic mass is 19.1. The molecule has 1 aromatic carbocycles. The third-order valence-electron chi connectivity index (χ3n) is 3.86. The van der Waals surface area contributed by atoms with Crippen LogP contribution in [-0.2, 0) is 9.59 Å². The third-order valence-corrected chi connectivity index (χ3v) is 3.86. The molecular weight excluding hydrogens is 353 g/mol. The summed E-state index contributed by atoms with van der Waals surface area (Å²) in [6, 6.07) is 6.34. The number of carbonyl (C=O) groups is 2. The number of nitrogens with zero attached hydrogens (tertiary/aromatic N) is 4. The highest BCUT2D eigenvalue weighted by Crippen LogP contribution is 2.24. The van der Waals surface area contributed by atoms with Crippen LogP contribution in [0.25, 0.3) is 0 Å². The van der Waals surface area contributed by atoms with Gasteiger partial charge in [0.15, 0.2) is 0 Å². The summed E-state index contributed by atoms with van der Waals surface area (Å²) in [5.41, 5.74) is 12.5. The van der Waals surface area contributed by atoms with E-state index in [0.717, 1.165) is 11.4 Å². The van der Waals surface area contributed by atoms with Gasteiger partial charge in [0.05, 0.1) is 5.69 Å². The molecule has 9 nitrogen and oxygen atoms in total. The van der Waals surface area contributed by atoms with Crippen LogP contribution in [0.3, 0.4) is 0 Å². The van der Waals surface area contributed by atoms with Crippen molar-refractivity contribution in [1.29, 1.82) is 0 Å². The highest BCUT2D eigenvalue weighted by molar-refractivity contribution is 6.40. The Balaban J connectivity index is 1.74. The molecule has 1 atom stereocenters. The normalized spacial score (nSPS) is 16.0. The average Bonchev–Trinajstić information content (AvgIpc) is 3.05. The summed E-state index contributed by atoms with van der Waals surface area (Å²) in [6.45, 7) is 3.61. The minimum Gasteiger partial charge on any atom is -0.368 e. The number of benzene rings is 1. The Labute approximate surface area is 154 Å². The molecule has 0 radical (unpaired) electrons. The molecule has 0 aliphatic carbocycles. The van der Waals surface area contributed by atoms with Gasteiger partial charge < -0.3 is 5.73 Å². The van der Waals surface area contributed by atoms with Crippen molar-refractivity contribution in [3.8, 4) is 0 Å². The van der Waals surface area contributed by atoms with Crippen molar-refractivity contribution in [2.24, 2.45) is 10.8 Å². The van der Waals surface area contributed by atoms with Gasteiger partial charge in [0, 0.05) is 17.8 Å². The number of hydrogen-bond donors (Lipinski definition) is 3. The van der Waals surface area contributed by atoms with Gasteiger partial charge in [0.1, 0.15) is 17.6 Å². The molecule has 0 unspecified atom stereocenters. The van der Waals surface area contributed by atoms with Gasteiger partial charge in [-0.2, -0.15) is 5.10 Å². The first-order valence-corrected chi connectivity index (χ1v) is 8.13. The Morgan fingerprint density at radius 2 is 1.81 bits per heavy atom. The standard InChI is InChI=1S/C17H18FN7O2/c1-9-7-10(2)21-17(20-9)23-22-16(27)13-8-14(15(19)26)25(24-13)12-5-3-11(18)4-6-12/h3-7,14H,8H2,1-2H3,(H2,19,26)(H,22,27)(H,20,21,23)/t14-/m1/s1. The maximum Gasteiger partial charge on any atom is 0.285 e. The predicted molar refractivity (Wildman–Crippen MR) is 97.2 cm³/mol. The lowest BCUT2D eigenvalue weighted by atomic mass is 10.1. The Morgan fingerprint density at radius 1 is 1.19 bits per heavy atom. The van der Waals surface area contributed by atoms with E-state index >= 15 is 0 Å². The van der Waals surface area contributed by atoms with Gasteiger partial charge >= 0.3 is 0 Å². The second-order valence-electron chi connectivity index (χ2n) is 6.04. The first-order valence-electron chi connectivity index (χ1n) is 8.13. The number of amides is 2. The fourth-order valence-corrected chi connectivity index (χ4v) is 2.67. The number of halogens is 1. The van der Waals surface area contributed by atoms with Crippen molar-refractivity contribution in [1.82, 2.24) is 15.4 Å². The van der Waals surface area contributed by atoms with Gasteiger partial charge in [-0.1, -0.05) is 0 Å². The minimum absolute atomic E-state index is 0.0218. The van der Waals surface area contributed by atoms with Crippen LogP contribution in [0, 0.1) is 19.7 Å². The lowest BCUT2D eigenvalue weighted by molar-refractivity contribution is -0.119. The first-order chi connectivity index (χ1) is 12.8. The van der Waals surface area contributed by atoms with Crippen molar-refractivity contribution >= 4 is 29.2 Å². The molecule has 1 aromatic heterocycles. The summed E-state index contributed by atoms with van der Waals surface area (Å²) in [4.78, 5) is 32.4. The van der Waals surface area contributed by atoms with E-state index in [-0.39, 0.29) is 18.1 Å². The van der Waals surface area contributed by atoms with Gasteiger partial charge in [-0.15, -0.1) is 0 Å². The molecule has 27 heavy (non-hydrogen) atoms. The van der Waals surface area contributed by atoms with Crippen LogP contribution < -0.4 is 21.6 Å². The zero-order valence-corrected chi connectivity index (χ0v) is 14.7. The van der Waals surface area contributed by atoms with E-state index in [1.54, 1.807) is 19.9 Å². The number of rotatable bonds is 5. The van der Waals surface area contributed by atoms with E-state index in [1.807, 2.05) is 0 Å². The molecule has 1 aliphatic heterocycles. The number of hydrazine groups is 1. The van der Waals surface area contributed by atoms with Crippen LogP contribution in [0.15, 0.2) is 35.4 Å². The number of nitrogens with two attached hydrogens (primary N) is 1. The predicted octanol–water partition coefficient (Wildman–Crippen LogP) is 0.796. The van der Waals surface area contributed by atoms with Crippen molar-refractivity contribution in [2.75, 3.05) is 10.4 Å². The molecule has 10 heteroatoms. The number of aryl methyl sites for hydroxylation is 2. The fourth-order valence-electron chi connectivity index (χ4n) is 2.67. The molecule has 0 spiro atoms. The zero-order valence-electron chi connectivity index (χ0n) is 14.7. The third kappa shape index (κ3) is 4.17. The number of hydrazone groups is 1. The van der Waals surface area contributed by atoms with Gasteiger partial charge in [0.25, 0.3) is 5.91 Å². The molecule has 4 N–H and O–H groups in total. The number of primary amides is 1. The highest BCUT2D eigenvalue weighted by Gasteiger charge is 2.35.